The minimum Gasteiger partial charge on any atom is -0.357 e. The summed E-state index contributed by atoms with van der Waals surface area (Å²) >= 11 is 0. The lowest BCUT2D eigenvalue weighted by Crippen LogP contribution is -2.16. The second-order valence-corrected chi connectivity index (χ2v) is 5.03. The van der Waals surface area contributed by atoms with Gasteiger partial charge < -0.3 is 15.3 Å². The summed E-state index contributed by atoms with van der Waals surface area (Å²) in [7, 11) is 1.99. The smallest absolute Gasteiger partial charge is 0.110 e. The molecule has 19 heavy (non-hydrogen) atoms. The quantitative estimate of drug-likeness (QED) is 0.754. The van der Waals surface area contributed by atoms with Crippen molar-refractivity contribution in [2.75, 3.05) is 0 Å². The zero-order chi connectivity index (χ0) is 13.4. The van der Waals surface area contributed by atoms with Crippen LogP contribution < -0.4 is 5.73 Å². The van der Waals surface area contributed by atoms with Crippen LogP contribution in [0.2, 0.25) is 0 Å². The van der Waals surface area contributed by atoms with E-state index in [0.717, 1.165) is 23.5 Å². The Kier molecular flexibility index (Phi) is 2.87. The van der Waals surface area contributed by atoms with Crippen molar-refractivity contribution in [2.45, 2.75) is 19.4 Å². The van der Waals surface area contributed by atoms with Gasteiger partial charge in [-0.25, -0.2) is 4.98 Å². The van der Waals surface area contributed by atoms with E-state index in [1.54, 1.807) is 6.20 Å². The Labute approximate surface area is 112 Å². The van der Waals surface area contributed by atoms with Gasteiger partial charge in [-0.05, 0) is 24.6 Å². The van der Waals surface area contributed by atoms with Crippen LogP contribution in [0.3, 0.4) is 0 Å². The lowest BCUT2D eigenvalue weighted by atomic mass is 10.1. The van der Waals surface area contributed by atoms with Crippen LogP contribution in [0.15, 0.2) is 36.7 Å². The monoisotopic (exact) mass is 254 g/mol. The molecule has 1 aromatic carbocycles. The largest absolute Gasteiger partial charge is 0.357 e. The number of imidazole rings is 1. The molecule has 0 saturated heterocycles. The highest BCUT2D eigenvalue weighted by Gasteiger charge is 2.13. The minimum absolute atomic E-state index is 0.0621. The molecule has 0 bridgehead atoms. The number of nitrogens with zero attached hydrogens (tertiary/aromatic N) is 2. The van der Waals surface area contributed by atoms with Gasteiger partial charge in [-0.3, -0.25) is 0 Å². The fourth-order valence-corrected chi connectivity index (χ4v) is 2.43. The average molecular weight is 254 g/mol. The number of aryl methyl sites for hydroxylation is 2. The molecule has 0 aliphatic rings. The van der Waals surface area contributed by atoms with Crippen molar-refractivity contribution < 1.29 is 0 Å². The molecule has 0 aliphatic carbocycles. The number of rotatable bonds is 3. The van der Waals surface area contributed by atoms with E-state index in [0.29, 0.717) is 0 Å². The second kappa shape index (κ2) is 4.55. The molecule has 4 nitrogen and oxygen atoms in total. The zero-order valence-corrected chi connectivity index (χ0v) is 11.2. The van der Waals surface area contributed by atoms with E-state index in [4.69, 9.17) is 5.73 Å². The first kappa shape index (κ1) is 12.0. The molecular weight excluding hydrogens is 236 g/mol. The fourth-order valence-electron chi connectivity index (χ4n) is 2.43. The molecule has 2 heterocycles. The highest BCUT2D eigenvalue weighted by atomic mass is 15.0. The van der Waals surface area contributed by atoms with Crippen molar-refractivity contribution in [3.8, 4) is 0 Å². The Morgan fingerprint density at radius 1 is 1.42 bits per heavy atom. The van der Waals surface area contributed by atoms with Gasteiger partial charge in [0, 0.05) is 42.5 Å². The van der Waals surface area contributed by atoms with Gasteiger partial charge in [0.1, 0.15) is 5.82 Å². The average Bonchev–Trinajstić information content (AvgIpc) is 2.97. The summed E-state index contributed by atoms with van der Waals surface area (Å²) in [4.78, 5) is 7.73. The molecule has 3 N–H and O–H groups in total. The van der Waals surface area contributed by atoms with E-state index in [1.165, 1.54) is 10.9 Å². The number of H-pyrrole nitrogens is 1. The van der Waals surface area contributed by atoms with Crippen LogP contribution in [0, 0.1) is 6.92 Å². The molecule has 3 rings (SSSR count). The van der Waals surface area contributed by atoms with Crippen LogP contribution in [0.25, 0.3) is 10.9 Å². The van der Waals surface area contributed by atoms with Gasteiger partial charge in [-0.2, -0.15) is 0 Å². The molecule has 1 atom stereocenters. The Balaban J connectivity index is 1.91. The molecule has 1 unspecified atom stereocenters. The van der Waals surface area contributed by atoms with E-state index >= 15 is 0 Å². The Bertz CT molecular complexity index is 708. The van der Waals surface area contributed by atoms with E-state index in [9.17, 15) is 0 Å². The van der Waals surface area contributed by atoms with Crippen molar-refractivity contribution in [1.82, 2.24) is 14.5 Å². The fraction of sp³-hybridized carbons (Fsp3) is 0.267. The zero-order valence-electron chi connectivity index (χ0n) is 11.2. The third kappa shape index (κ3) is 2.15. The minimum atomic E-state index is -0.0621. The number of fused-ring (bicyclic) bond motifs is 1. The summed E-state index contributed by atoms with van der Waals surface area (Å²) in [6, 6.07) is 8.34. The molecule has 0 aliphatic heterocycles. The van der Waals surface area contributed by atoms with Gasteiger partial charge in [0.05, 0.1) is 6.04 Å². The van der Waals surface area contributed by atoms with E-state index in [2.05, 4.69) is 41.2 Å². The first-order valence-corrected chi connectivity index (χ1v) is 6.45. The van der Waals surface area contributed by atoms with Crippen LogP contribution in [-0.4, -0.2) is 14.5 Å². The molecule has 3 aromatic rings. The predicted molar refractivity (Wildman–Crippen MR) is 76.9 cm³/mol. The van der Waals surface area contributed by atoms with Gasteiger partial charge in [-0.1, -0.05) is 12.1 Å². The normalized spacial score (nSPS) is 13.0. The van der Waals surface area contributed by atoms with Gasteiger partial charge in [0.15, 0.2) is 0 Å². The van der Waals surface area contributed by atoms with Crippen molar-refractivity contribution in [2.24, 2.45) is 12.8 Å². The topological polar surface area (TPSA) is 59.6 Å². The summed E-state index contributed by atoms with van der Waals surface area (Å²) in [6.07, 6.45) is 4.48. The molecule has 0 saturated carbocycles. The Morgan fingerprint density at radius 2 is 2.26 bits per heavy atom. The second-order valence-electron chi connectivity index (χ2n) is 5.03. The summed E-state index contributed by atoms with van der Waals surface area (Å²) in [5, 5.41) is 1.24. The molecule has 0 amide bonds. The molecule has 2 aromatic heterocycles. The van der Waals surface area contributed by atoms with E-state index in [1.807, 2.05) is 17.8 Å². The molecule has 4 heteroatoms. The SMILES string of the molecule is Cc1cccc2[nH]c(C(N)Cc3nccn3C)cc12. The molecule has 0 fully saturated rings. The highest BCUT2D eigenvalue weighted by molar-refractivity contribution is 5.83. The van der Waals surface area contributed by atoms with Crippen molar-refractivity contribution in [3.63, 3.8) is 0 Å². The third-order valence-corrected chi connectivity index (χ3v) is 3.63. The molecule has 0 spiro atoms. The third-order valence-electron chi connectivity index (χ3n) is 3.63. The van der Waals surface area contributed by atoms with Gasteiger partial charge in [0.25, 0.3) is 0 Å². The summed E-state index contributed by atoms with van der Waals surface area (Å²) in [5.74, 6) is 1.00. The number of benzene rings is 1. The number of aromatic amines is 1. The van der Waals surface area contributed by atoms with Crippen molar-refractivity contribution >= 4 is 10.9 Å². The number of hydrogen-bond donors (Lipinski definition) is 2. The van der Waals surface area contributed by atoms with E-state index in [-0.39, 0.29) is 6.04 Å². The lowest BCUT2D eigenvalue weighted by Gasteiger charge is -2.09. The van der Waals surface area contributed by atoms with Gasteiger partial charge in [0.2, 0.25) is 0 Å². The van der Waals surface area contributed by atoms with Gasteiger partial charge >= 0.3 is 0 Å². The van der Waals surface area contributed by atoms with Crippen LogP contribution >= 0.6 is 0 Å². The highest BCUT2D eigenvalue weighted by Crippen LogP contribution is 2.23. The van der Waals surface area contributed by atoms with Crippen LogP contribution in [-0.2, 0) is 13.5 Å². The molecule has 0 radical (unpaired) electrons. The maximum absolute atomic E-state index is 6.28. The standard InChI is InChI=1S/C15H18N4/c1-10-4-3-5-13-11(10)8-14(18-13)12(16)9-15-17-6-7-19(15)2/h3-8,12,18H,9,16H2,1-2H3. The lowest BCUT2D eigenvalue weighted by molar-refractivity contribution is 0.648. The maximum Gasteiger partial charge on any atom is 0.110 e. The predicted octanol–water partition coefficient (Wildman–Crippen LogP) is 2.45. The Morgan fingerprint density at radius 3 is 2.95 bits per heavy atom. The molecule has 98 valence electrons. The van der Waals surface area contributed by atoms with Crippen LogP contribution in [0.5, 0.6) is 0 Å². The van der Waals surface area contributed by atoms with Crippen molar-refractivity contribution in [3.05, 3.63) is 53.7 Å². The summed E-state index contributed by atoms with van der Waals surface area (Å²) < 4.78 is 2.01. The number of hydrogen-bond acceptors (Lipinski definition) is 2. The first-order valence-electron chi connectivity index (χ1n) is 6.45. The van der Waals surface area contributed by atoms with E-state index < -0.39 is 0 Å². The number of aromatic nitrogens is 3. The number of nitrogens with two attached hydrogens (primary N) is 1. The van der Waals surface area contributed by atoms with Crippen molar-refractivity contribution in [1.29, 1.82) is 0 Å². The maximum atomic E-state index is 6.28. The Hall–Kier alpha value is -2.07. The van der Waals surface area contributed by atoms with Crippen LogP contribution in [0.1, 0.15) is 23.1 Å². The number of nitrogens with one attached hydrogen (secondary N) is 1. The summed E-state index contributed by atoms with van der Waals surface area (Å²) in [6.45, 7) is 2.12. The summed E-state index contributed by atoms with van der Waals surface area (Å²) in [5.41, 5.74) is 9.76. The molecular formula is C15H18N4. The van der Waals surface area contributed by atoms with Crippen LogP contribution in [0.4, 0.5) is 0 Å². The van der Waals surface area contributed by atoms with Gasteiger partial charge in [-0.15, -0.1) is 0 Å². The first-order chi connectivity index (χ1) is 9.15.